The van der Waals surface area contributed by atoms with Gasteiger partial charge in [0.05, 0.1) is 6.42 Å². The second-order valence-electron chi connectivity index (χ2n) is 4.62. The van der Waals surface area contributed by atoms with E-state index < -0.39 is 5.91 Å². The lowest BCUT2D eigenvalue weighted by Crippen LogP contribution is -2.41. The second kappa shape index (κ2) is 7.47. The summed E-state index contributed by atoms with van der Waals surface area (Å²) in [6.07, 6.45) is 2.95. The van der Waals surface area contributed by atoms with Crippen LogP contribution in [0.3, 0.4) is 0 Å². The molecule has 1 aromatic carbocycles. The van der Waals surface area contributed by atoms with Gasteiger partial charge in [0.15, 0.2) is 0 Å². The summed E-state index contributed by atoms with van der Waals surface area (Å²) in [7, 11) is 0. The topological polar surface area (TPSA) is 71.3 Å². The van der Waals surface area contributed by atoms with Gasteiger partial charge in [-0.25, -0.2) is 0 Å². The molecule has 0 saturated heterocycles. The van der Waals surface area contributed by atoms with Gasteiger partial charge in [-0.15, -0.1) is 0 Å². The molecule has 0 spiro atoms. The van der Waals surface area contributed by atoms with Gasteiger partial charge < -0.3 is 4.42 Å². The van der Waals surface area contributed by atoms with Crippen LogP contribution in [0.2, 0.25) is 5.02 Å². The Bertz CT molecular complexity index is 690. The predicted octanol–water partition coefficient (Wildman–Crippen LogP) is 2.64. The fourth-order valence-corrected chi connectivity index (χ4v) is 1.83. The van der Waals surface area contributed by atoms with E-state index in [1.54, 1.807) is 36.4 Å². The molecule has 5 nitrogen and oxygen atoms in total. The van der Waals surface area contributed by atoms with Crippen LogP contribution in [0.5, 0.6) is 0 Å². The average molecular weight is 319 g/mol. The van der Waals surface area contributed by atoms with Gasteiger partial charge in [-0.05, 0) is 42.8 Å². The minimum atomic E-state index is -0.446. The van der Waals surface area contributed by atoms with E-state index in [1.165, 1.54) is 12.2 Å². The molecule has 0 aliphatic rings. The molecule has 0 unspecified atom stereocenters. The summed E-state index contributed by atoms with van der Waals surface area (Å²) in [4.78, 5) is 23.2. The summed E-state index contributed by atoms with van der Waals surface area (Å²) >= 11 is 5.76. The second-order valence-corrected chi connectivity index (χ2v) is 5.06. The molecule has 0 saturated carbocycles. The third kappa shape index (κ3) is 5.10. The molecule has 0 fully saturated rings. The maximum absolute atomic E-state index is 11.7. The minimum Gasteiger partial charge on any atom is -0.462 e. The van der Waals surface area contributed by atoms with Gasteiger partial charge in [-0.3, -0.25) is 20.4 Å². The summed E-state index contributed by atoms with van der Waals surface area (Å²) in [5, 5.41) is 0.607. The van der Waals surface area contributed by atoms with Crippen LogP contribution in [0.25, 0.3) is 6.08 Å². The molecule has 6 heteroatoms. The van der Waals surface area contributed by atoms with Crippen LogP contribution in [0, 0.1) is 6.92 Å². The number of carbonyl (C=O) groups is 2. The summed E-state index contributed by atoms with van der Waals surface area (Å²) in [5.74, 6) is 0.563. The van der Waals surface area contributed by atoms with E-state index in [0.29, 0.717) is 10.8 Å². The Hall–Kier alpha value is -2.53. The maximum atomic E-state index is 11.7. The van der Waals surface area contributed by atoms with E-state index in [2.05, 4.69) is 10.9 Å². The summed E-state index contributed by atoms with van der Waals surface area (Å²) in [6, 6.07) is 10.5. The highest BCUT2D eigenvalue weighted by Crippen LogP contribution is 2.10. The number of hydrogen-bond donors (Lipinski definition) is 2. The molecule has 22 heavy (non-hydrogen) atoms. The largest absolute Gasteiger partial charge is 0.462 e. The Morgan fingerprint density at radius 1 is 1.14 bits per heavy atom. The maximum Gasteiger partial charge on any atom is 0.262 e. The van der Waals surface area contributed by atoms with E-state index in [-0.39, 0.29) is 12.3 Å². The van der Waals surface area contributed by atoms with Crippen LogP contribution >= 0.6 is 11.6 Å². The van der Waals surface area contributed by atoms with Gasteiger partial charge in [0.2, 0.25) is 5.91 Å². The lowest BCUT2D eigenvalue weighted by molar-refractivity contribution is -0.126. The number of hydrogen-bond acceptors (Lipinski definition) is 3. The number of halogens is 1. The van der Waals surface area contributed by atoms with Crippen molar-refractivity contribution >= 4 is 29.5 Å². The molecule has 0 aliphatic heterocycles. The van der Waals surface area contributed by atoms with Crippen molar-refractivity contribution < 1.29 is 14.0 Å². The summed E-state index contributed by atoms with van der Waals surface area (Å²) in [6.45, 7) is 1.81. The fourth-order valence-electron chi connectivity index (χ4n) is 1.71. The molecule has 2 aromatic rings. The first-order valence-electron chi connectivity index (χ1n) is 6.61. The smallest absolute Gasteiger partial charge is 0.262 e. The Labute approximate surface area is 132 Å². The molecule has 0 bridgehead atoms. The highest BCUT2D eigenvalue weighted by Gasteiger charge is 2.04. The Balaban J connectivity index is 1.77. The van der Waals surface area contributed by atoms with Crippen molar-refractivity contribution in [3.63, 3.8) is 0 Å². The molecule has 1 heterocycles. The Morgan fingerprint density at radius 2 is 1.86 bits per heavy atom. The highest BCUT2D eigenvalue weighted by molar-refractivity contribution is 6.30. The normalized spacial score (nSPS) is 10.6. The van der Waals surface area contributed by atoms with Crippen LogP contribution in [-0.4, -0.2) is 11.8 Å². The first kappa shape index (κ1) is 15.9. The molecule has 0 radical (unpaired) electrons. The van der Waals surface area contributed by atoms with E-state index in [1.807, 2.05) is 6.92 Å². The zero-order chi connectivity index (χ0) is 15.9. The van der Waals surface area contributed by atoms with Gasteiger partial charge >= 0.3 is 0 Å². The molecule has 0 aliphatic carbocycles. The zero-order valence-corrected chi connectivity index (χ0v) is 12.7. The first-order chi connectivity index (χ1) is 10.5. The third-order valence-electron chi connectivity index (χ3n) is 2.76. The lowest BCUT2D eigenvalue weighted by atomic mass is 10.1. The number of nitrogens with one attached hydrogen (secondary N) is 2. The third-order valence-corrected chi connectivity index (χ3v) is 3.02. The Kier molecular flexibility index (Phi) is 5.38. The molecule has 2 N–H and O–H groups in total. The quantitative estimate of drug-likeness (QED) is 0.672. The van der Waals surface area contributed by atoms with Crippen molar-refractivity contribution in [2.24, 2.45) is 0 Å². The SMILES string of the molecule is Cc1ccc(/C=C/C(=O)NNC(=O)Cc2ccc(Cl)cc2)o1. The van der Waals surface area contributed by atoms with E-state index in [4.69, 9.17) is 16.0 Å². The number of carbonyl (C=O) groups excluding carboxylic acids is 2. The van der Waals surface area contributed by atoms with Gasteiger partial charge in [-0.2, -0.15) is 0 Å². The minimum absolute atomic E-state index is 0.151. The highest BCUT2D eigenvalue weighted by atomic mass is 35.5. The van der Waals surface area contributed by atoms with Crippen molar-refractivity contribution in [3.8, 4) is 0 Å². The van der Waals surface area contributed by atoms with Gasteiger partial charge in [0.25, 0.3) is 5.91 Å². The molecular weight excluding hydrogens is 304 g/mol. The first-order valence-corrected chi connectivity index (χ1v) is 6.98. The van der Waals surface area contributed by atoms with Gasteiger partial charge in [0.1, 0.15) is 11.5 Å². The zero-order valence-electron chi connectivity index (χ0n) is 11.9. The molecule has 1 aromatic heterocycles. The van der Waals surface area contributed by atoms with Crippen LogP contribution in [0.1, 0.15) is 17.1 Å². The lowest BCUT2D eigenvalue weighted by Gasteiger charge is -2.05. The molecule has 2 rings (SSSR count). The molecule has 0 atom stereocenters. The average Bonchev–Trinajstić information content (AvgIpc) is 2.91. The number of benzene rings is 1. The summed E-state index contributed by atoms with van der Waals surface area (Å²) < 4.78 is 5.28. The standard InChI is InChI=1S/C16H15ClN2O3/c1-11-2-7-14(22-11)8-9-15(20)18-19-16(21)10-12-3-5-13(17)6-4-12/h2-9H,10H2,1H3,(H,18,20)(H,19,21)/b9-8+. The number of aryl methyl sites for hydroxylation is 1. The van der Waals surface area contributed by atoms with Gasteiger partial charge in [-0.1, -0.05) is 23.7 Å². The Morgan fingerprint density at radius 3 is 2.50 bits per heavy atom. The van der Waals surface area contributed by atoms with E-state index in [0.717, 1.165) is 11.3 Å². The van der Waals surface area contributed by atoms with E-state index in [9.17, 15) is 9.59 Å². The fraction of sp³-hybridized carbons (Fsp3) is 0.125. The van der Waals surface area contributed by atoms with Crippen LogP contribution in [-0.2, 0) is 16.0 Å². The van der Waals surface area contributed by atoms with Crippen molar-refractivity contribution in [3.05, 3.63) is 64.6 Å². The van der Waals surface area contributed by atoms with Crippen LogP contribution in [0.15, 0.2) is 46.9 Å². The molecular formula is C16H15ClN2O3. The molecule has 2 amide bonds. The van der Waals surface area contributed by atoms with Gasteiger partial charge in [0, 0.05) is 11.1 Å². The predicted molar refractivity (Wildman–Crippen MR) is 83.9 cm³/mol. The monoisotopic (exact) mass is 318 g/mol. The number of furan rings is 1. The van der Waals surface area contributed by atoms with Crippen LogP contribution in [0.4, 0.5) is 0 Å². The molecule has 114 valence electrons. The number of amides is 2. The summed E-state index contributed by atoms with van der Waals surface area (Å²) in [5.41, 5.74) is 5.44. The van der Waals surface area contributed by atoms with Crippen molar-refractivity contribution in [2.45, 2.75) is 13.3 Å². The van der Waals surface area contributed by atoms with E-state index >= 15 is 0 Å². The number of rotatable bonds is 4. The van der Waals surface area contributed by atoms with Crippen molar-refractivity contribution in [1.82, 2.24) is 10.9 Å². The number of hydrazine groups is 1. The van der Waals surface area contributed by atoms with Crippen molar-refractivity contribution in [1.29, 1.82) is 0 Å². The van der Waals surface area contributed by atoms with Crippen molar-refractivity contribution in [2.75, 3.05) is 0 Å². The van der Waals surface area contributed by atoms with Crippen LogP contribution < -0.4 is 10.9 Å².